The second-order valence-electron chi connectivity index (χ2n) is 10.9. The Morgan fingerprint density at radius 2 is 1.63 bits per heavy atom. The van der Waals surface area contributed by atoms with E-state index in [0.29, 0.717) is 12.6 Å². The van der Waals surface area contributed by atoms with Crippen LogP contribution in [-0.2, 0) is 4.79 Å². The van der Waals surface area contributed by atoms with Gasteiger partial charge in [0, 0.05) is 82.2 Å². The summed E-state index contributed by atoms with van der Waals surface area (Å²) >= 11 is 0. The Morgan fingerprint density at radius 1 is 0.857 bits per heavy atom. The van der Waals surface area contributed by atoms with E-state index in [-0.39, 0.29) is 11.8 Å². The molecule has 1 aromatic carbocycles. The lowest BCUT2D eigenvalue weighted by Gasteiger charge is -2.43. The molecule has 1 saturated carbocycles. The molecule has 0 spiro atoms. The summed E-state index contributed by atoms with van der Waals surface area (Å²) in [6.45, 7) is 11.0. The first kappa shape index (κ1) is 24.6. The van der Waals surface area contributed by atoms with E-state index in [1.54, 1.807) is 0 Å². The summed E-state index contributed by atoms with van der Waals surface area (Å²) in [6.07, 6.45) is 8.54. The van der Waals surface area contributed by atoms with Gasteiger partial charge in [-0.25, -0.2) is 0 Å². The van der Waals surface area contributed by atoms with E-state index in [1.807, 2.05) is 12.1 Å². The molecule has 0 bridgehead atoms. The number of carbonyl (C=O) groups excluding carboxylic acids is 2. The zero-order valence-electron chi connectivity index (χ0n) is 21.5. The van der Waals surface area contributed by atoms with Gasteiger partial charge in [-0.15, -0.1) is 0 Å². The minimum Gasteiger partial charge on any atom is -0.369 e. The molecule has 3 heterocycles. The van der Waals surface area contributed by atoms with Crippen molar-refractivity contribution >= 4 is 17.5 Å². The second kappa shape index (κ2) is 11.3. The smallest absolute Gasteiger partial charge is 0.254 e. The van der Waals surface area contributed by atoms with Crippen molar-refractivity contribution < 1.29 is 9.59 Å². The maximum atomic E-state index is 13.3. The third kappa shape index (κ3) is 5.67. The molecule has 7 heteroatoms. The maximum absolute atomic E-state index is 13.3. The fourth-order valence-corrected chi connectivity index (χ4v) is 6.24. The zero-order chi connectivity index (χ0) is 24.2. The largest absolute Gasteiger partial charge is 0.369 e. The Kier molecular flexibility index (Phi) is 7.93. The van der Waals surface area contributed by atoms with Crippen LogP contribution in [0.15, 0.2) is 24.3 Å². The number of anilines is 1. The highest BCUT2D eigenvalue weighted by molar-refractivity contribution is 5.95. The summed E-state index contributed by atoms with van der Waals surface area (Å²) < 4.78 is 0. The average molecular weight is 482 g/mol. The molecule has 0 radical (unpaired) electrons. The van der Waals surface area contributed by atoms with Crippen molar-refractivity contribution in [2.45, 2.75) is 64.0 Å². The van der Waals surface area contributed by atoms with Crippen LogP contribution in [0, 0.1) is 0 Å². The molecular weight excluding hydrogens is 438 g/mol. The fourth-order valence-electron chi connectivity index (χ4n) is 6.24. The lowest BCUT2D eigenvalue weighted by molar-refractivity contribution is -0.134. The van der Waals surface area contributed by atoms with E-state index < -0.39 is 0 Å². The fraction of sp³-hybridized carbons (Fsp3) is 0.714. The minimum atomic E-state index is 0.181. The van der Waals surface area contributed by atoms with Crippen LogP contribution >= 0.6 is 0 Å². The van der Waals surface area contributed by atoms with E-state index in [9.17, 15) is 9.59 Å². The minimum absolute atomic E-state index is 0.181. The predicted octanol–water partition coefficient (Wildman–Crippen LogP) is 2.91. The first-order valence-corrected chi connectivity index (χ1v) is 14.0. The molecule has 1 atom stereocenters. The molecule has 3 saturated heterocycles. The number of carbonyl (C=O) groups is 2. The number of piperazine rings is 2. The molecule has 2 amide bonds. The van der Waals surface area contributed by atoms with Crippen LogP contribution < -0.4 is 4.90 Å². The molecule has 1 aromatic rings. The molecule has 192 valence electrons. The highest BCUT2D eigenvalue weighted by atomic mass is 16.2. The van der Waals surface area contributed by atoms with Crippen LogP contribution in [-0.4, -0.2) is 109 Å². The third-order valence-electron chi connectivity index (χ3n) is 8.81. The number of likely N-dealkylation sites (tertiary alicyclic amines) is 1. The molecule has 5 rings (SSSR count). The van der Waals surface area contributed by atoms with E-state index in [0.717, 1.165) is 95.5 Å². The van der Waals surface area contributed by atoms with Gasteiger partial charge in [-0.05, 0) is 56.7 Å². The van der Waals surface area contributed by atoms with Crippen molar-refractivity contribution in [3.8, 4) is 0 Å². The Hall–Kier alpha value is -2.12. The second-order valence-corrected chi connectivity index (χ2v) is 10.9. The standard InChI is InChI=1S/C28H43N5O2/c1-2-24-8-3-4-12-33(24)28(35)23-7-5-11-26(21-23)31-15-13-29(14-16-31)22-27(34)32-19-17-30(18-20-32)25-9-6-10-25/h5,7,11,21,24-25H,2-4,6,8-10,12-20,22H2,1H3. The summed E-state index contributed by atoms with van der Waals surface area (Å²) in [5.74, 6) is 0.464. The van der Waals surface area contributed by atoms with Gasteiger partial charge in [0.05, 0.1) is 6.54 Å². The van der Waals surface area contributed by atoms with Gasteiger partial charge < -0.3 is 14.7 Å². The monoisotopic (exact) mass is 481 g/mol. The number of amides is 2. The normalized spacial score (nSPS) is 24.9. The van der Waals surface area contributed by atoms with Crippen LogP contribution in [0.2, 0.25) is 0 Å². The molecule has 3 aliphatic heterocycles. The first-order chi connectivity index (χ1) is 17.1. The van der Waals surface area contributed by atoms with Crippen molar-refractivity contribution in [2.75, 3.05) is 70.3 Å². The van der Waals surface area contributed by atoms with Crippen molar-refractivity contribution in [3.63, 3.8) is 0 Å². The van der Waals surface area contributed by atoms with E-state index in [4.69, 9.17) is 0 Å². The molecule has 0 aromatic heterocycles. The number of hydrogen-bond donors (Lipinski definition) is 0. The molecule has 4 fully saturated rings. The Balaban J connectivity index is 1.10. The van der Waals surface area contributed by atoms with Gasteiger partial charge >= 0.3 is 0 Å². The summed E-state index contributed by atoms with van der Waals surface area (Å²) in [6, 6.07) is 9.34. The zero-order valence-corrected chi connectivity index (χ0v) is 21.5. The van der Waals surface area contributed by atoms with E-state index >= 15 is 0 Å². The lowest BCUT2D eigenvalue weighted by atomic mass is 9.91. The van der Waals surface area contributed by atoms with Gasteiger partial charge in [-0.2, -0.15) is 0 Å². The Morgan fingerprint density at radius 3 is 2.31 bits per heavy atom. The van der Waals surface area contributed by atoms with E-state index in [2.05, 4.69) is 43.6 Å². The van der Waals surface area contributed by atoms with Crippen LogP contribution in [0.4, 0.5) is 5.69 Å². The van der Waals surface area contributed by atoms with Crippen LogP contribution in [0.3, 0.4) is 0 Å². The molecule has 7 nitrogen and oxygen atoms in total. The highest BCUT2D eigenvalue weighted by Gasteiger charge is 2.30. The Bertz CT molecular complexity index is 872. The van der Waals surface area contributed by atoms with Gasteiger partial charge in [0.2, 0.25) is 5.91 Å². The third-order valence-corrected chi connectivity index (χ3v) is 8.81. The van der Waals surface area contributed by atoms with E-state index in [1.165, 1.54) is 25.7 Å². The van der Waals surface area contributed by atoms with Crippen LogP contribution in [0.25, 0.3) is 0 Å². The highest BCUT2D eigenvalue weighted by Crippen LogP contribution is 2.26. The quantitative estimate of drug-likeness (QED) is 0.625. The van der Waals surface area contributed by atoms with Crippen molar-refractivity contribution in [1.82, 2.24) is 19.6 Å². The van der Waals surface area contributed by atoms with Gasteiger partial charge in [-0.1, -0.05) is 19.4 Å². The molecule has 1 unspecified atom stereocenters. The number of nitrogens with zero attached hydrogens (tertiary/aromatic N) is 5. The summed E-state index contributed by atoms with van der Waals surface area (Å²) in [5.41, 5.74) is 1.93. The van der Waals surface area contributed by atoms with Crippen LogP contribution in [0.5, 0.6) is 0 Å². The van der Waals surface area contributed by atoms with Crippen molar-refractivity contribution in [1.29, 1.82) is 0 Å². The SMILES string of the molecule is CCC1CCCCN1C(=O)c1cccc(N2CCN(CC(=O)N3CCN(C4CCC4)CC3)CC2)c1. The first-order valence-electron chi connectivity index (χ1n) is 14.0. The Labute approximate surface area is 211 Å². The van der Waals surface area contributed by atoms with Gasteiger partial charge in [-0.3, -0.25) is 19.4 Å². The van der Waals surface area contributed by atoms with Crippen LogP contribution in [0.1, 0.15) is 62.2 Å². The maximum Gasteiger partial charge on any atom is 0.254 e. The lowest BCUT2D eigenvalue weighted by Crippen LogP contribution is -2.56. The number of piperidine rings is 1. The number of rotatable bonds is 6. The molecular formula is C28H43N5O2. The molecule has 1 aliphatic carbocycles. The van der Waals surface area contributed by atoms with Crippen molar-refractivity contribution in [2.24, 2.45) is 0 Å². The van der Waals surface area contributed by atoms with Gasteiger partial charge in [0.1, 0.15) is 0 Å². The van der Waals surface area contributed by atoms with Gasteiger partial charge in [0.15, 0.2) is 0 Å². The number of hydrogen-bond acceptors (Lipinski definition) is 5. The molecule has 0 N–H and O–H groups in total. The summed E-state index contributed by atoms with van der Waals surface area (Å²) in [7, 11) is 0. The predicted molar refractivity (Wildman–Crippen MR) is 140 cm³/mol. The molecule has 4 aliphatic rings. The van der Waals surface area contributed by atoms with Gasteiger partial charge in [0.25, 0.3) is 5.91 Å². The average Bonchev–Trinajstić information content (AvgIpc) is 2.88. The molecule has 35 heavy (non-hydrogen) atoms. The number of benzene rings is 1. The topological polar surface area (TPSA) is 50.3 Å². The summed E-state index contributed by atoms with van der Waals surface area (Å²) in [4.78, 5) is 37.6. The van der Waals surface area contributed by atoms with Crippen molar-refractivity contribution in [3.05, 3.63) is 29.8 Å². The summed E-state index contributed by atoms with van der Waals surface area (Å²) in [5, 5.41) is 0.